The lowest BCUT2D eigenvalue weighted by Crippen LogP contribution is -2.59. The minimum atomic E-state index is -0.0330. The molecule has 1 amide bonds. The Morgan fingerprint density at radius 3 is 2.59 bits per heavy atom. The molecule has 3 aliphatic rings. The largest absolute Gasteiger partial charge is 0.395 e. The van der Waals surface area contributed by atoms with E-state index in [4.69, 9.17) is 9.84 Å². The molecule has 1 saturated carbocycles. The molecule has 160 valence electrons. The highest BCUT2D eigenvalue weighted by Crippen LogP contribution is 2.24. The van der Waals surface area contributed by atoms with Crippen molar-refractivity contribution in [1.29, 1.82) is 0 Å². The smallest absolute Gasteiger partial charge is 0.255 e. The lowest BCUT2D eigenvalue weighted by molar-refractivity contribution is 0.0652. The van der Waals surface area contributed by atoms with Gasteiger partial charge < -0.3 is 25.4 Å². The first-order valence-corrected chi connectivity index (χ1v) is 10.9. The maximum atomic E-state index is 13.0. The molecule has 1 aromatic rings. The third-order valence-corrected chi connectivity index (χ3v) is 6.38. The van der Waals surface area contributed by atoms with Crippen molar-refractivity contribution in [1.82, 2.24) is 20.5 Å². The van der Waals surface area contributed by atoms with E-state index in [0.29, 0.717) is 24.2 Å². The van der Waals surface area contributed by atoms with Crippen molar-refractivity contribution >= 4 is 11.7 Å². The van der Waals surface area contributed by atoms with Gasteiger partial charge in [0.2, 0.25) is 0 Å². The number of carbonyl (C=O) groups is 1. The number of aliphatic hydroxyl groups is 1. The van der Waals surface area contributed by atoms with Gasteiger partial charge in [-0.1, -0.05) is 0 Å². The molecule has 1 aromatic heterocycles. The number of carbonyl (C=O) groups excluding carboxylic acids is 1. The number of ether oxygens (including phenoxy) is 1. The second-order valence-electron chi connectivity index (χ2n) is 8.24. The Kier molecular flexibility index (Phi) is 6.97. The van der Waals surface area contributed by atoms with Gasteiger partial charge in [0.15, 0.2) is 0 Å². The van der Waals surface area contributed by atoms with Gasteiger partial charge >= 0.3 is 0 Å². The van der Waals surface area contributed by atoms with Gasteiger partial charge in [-0.25, -0.2) is 4.98 Å². The summed E-state index contributed by atoms with van der Waals surface area (Å²) < 4.78 is 5.44. The molecule has 0 aromatic carbocycles. The normalized spacial score (nSPS) is 26.2. The SMILES string of the molecule is O=C(N[C@H]1CC[C@H]1NC1CCOCC1)c1cccnc1N1CCN(CCO)CC1. The molecule has 3 N–H and O–H groups in total. The number of hydrogen-bond donors (Lipinski definition) is 3. The van der Waals surface area contributed by atoms with Crippen LogP contribution in [-0.4, -0.2) is 91.6 Å². The summed E-state index contributed by atoms with van der Waals surface area (Å²) in [6.07, 6.45) is 5.97. The molecule has 3 heterocycles. The topological polar surface area (TPSA) is 90.0 Å². The monoisotopic (exact) mass is 403 g/mol. The molecule has 8 heteroatoms. The molecule has 8 nitrogen and oxygen atoms in total. The highest BCUT2D eigenvalue weighted by atomic mass is 16.5. The fourth-order valence-corrected chi connectivity index (χ4v) is 4.44. The Morgan fingerprint density at radius 2 is 1.90 bits per heavy atom. The number of amides is 1. The zero-order chi connectivity index (χ0) is 20.1. The van der Waals surface area contributed by atoms with Crippen LogP contribution < -0.4 is 15.5 Å². The summed E-state index contributed by atoms with van der Waals surface area (Å²) in [5, 5.41) is 16.1. The van der Waals surface area contributed by atoms with E-state index in [0.717, 1.165) is 70.9 Å². The summed E-state index contributed by atoms with van der Waals surface area (Å²) in [5.41, 5.74) is 0.653. The quantitative estimate of drug-likeness (QED) is 0.600. The predicted molar refractivity (Wildman–Crippen MR) is 111 cm³/mol. The van der Waals surface area contributed by atoms with E-state index in [9.17, 15) is 4.79 Å². The predicted octanol–water partition coefficient (Wildman–Crippen LogP) is 0.225. The molecule has 1 aliphatic carbocycles. The number of hydrogen-bond acceptors (Lipinski definition) is 7. The second-order valence-corrected chi connectivity index (χ2v) is 8.24. The van der Waals surface area contributed by atoms with Crippen molar-refractivity contribution in [2.45, 2.75) is 43.8 Å². The zero-order valence-electron chi connectivity index (χ0n) is 17.1. The Labute approximate surface area is 172 Å². The minimum Gasteiger partial charge on any atom is -0.395 e. The van der Waals surface area contributed by atoms with E-state index < -0.39 is 0 Å². The highest BCUT2D eigenvalue weighted by molar-refractivity contribution is 5.99. The van der Waals surface area contributed by atoms with E-state index in [-0.39, 0.29) is 18.6 Å². The van der Waals surface area contributed by atoms with E-state index in [1.165, 1.54) is 0 Å². The first kappa shape index (κ1) is 20.5. The maximum absolute atomic E-state index is 13.0. The summed E-state index contributed by atoms with van der Waals surface area (Å²) in [6.45, 7) is 5.91. The van der Waals surface area contributed by atoms with Gasteiger partial charge in [-0.05, 0) is 37.8 Å². The van der Waals surface area contributed by atoms with Crippen LogP contribution in [0, 0.1) is 0 Å². The van der Waals surface area contributed by atoms with E-state index in [2.05, 4.69) is 25.4 Å². The van der Waals surface area contributed by atoms with Crippen molar-refractivity contribution in [3.63, 3.8) is 0 Å². The van der Waals surface area contributed by atoms with Crippen molar-refractivity contribution in [3.05, 3.63) is 23.9 Å². The molecular weight excluding hydrogens is 370 g/mol. The molecule has 2 saturated heterocycles. The number of anilines is 1. The Morgan fingerprint density at radius 1 is 1.14 bits per heavy atom. The summed E-state index contributed by atoms with van der Waals surface area (Å²) in [5.74, 6) is 0.733. The van der Waals surface area contributed by atoms with Gasteiger partial charge in [0, 0.05) is 70.3 Å². The summed E-state index contributed by atoms with van der Waals surface area (Å²) in [7, 11) is 0. The number of aliphatic hydroxyl groups excluding tert-OH is 1. The van der Waals surface area contributed by atoms with Gasteiger partial charge in [-0.2, -0.15) is 0 Å². The van der Waals surface area contributed by atoms with Crippen molar-refractivity contribution in [2.75, 3.05) is 57.4 Å². The number of β-amino-alcohol motifs (C(OH)–C–C–N with tert-alkyl or cyclic N) is 1. The zero-order valence-corrected chi connectivity index (χ0v) is 17.1. The third kappa shape index (κ3) is 5.06. The van der Waals surface area contributed by atoms with Crippen LogP contribution in [0.1, 0.15) is 36.0 Å². The Hall–Kier alpha value is -1.74. The first-order valence-electron chi connectivity index (χ1n) is 10.9. The number of nitrogens with one attached hydrogen (secondary N) is 2. The van der Waals surface area contributed by atoms with E-state index >= 15 is 0 Å². The fourth-order valence-electron chi connectivity index (χ4n) is 4.44. The van der Waals surface area contributed by atoms with E-state index in [1.807, 2.05) is 12.1 Å². The number of rotatable bonds is 7. The number of pyridine rings is 1. The van der Waals surface area contributed by atoms with Gasteiger partial charge in [0.25, 0.3) is 5.91 Å². The van der Waals surface area contributed by atoms with E-state index in [1.54, 1.807) is 6.20 Å². The van der Waals surface area contributed by atoms with Crippen LogP contribution in [-0.2, 0) is 4.74 Å². The number of nitrogens with zero attached hydrogens (tertiary/aromatic N) is 3. The standard InChI is InChI=1S/C21H33N5O3/c27-13-12-25-8-10-26(11-9-25)20-17(2-1-7-22-20)21(28)24-19-4-3-18(19)23-16-5-14-29-15-6-16/h1-2,7,16,18-19,23,27H,3-6,8-15H2,(H,24,28)/t18-,19+/m1/s1. The van der Waals surface area contributed by atoms with Crippen LogP contribution in [0.4, 0.5) is 5.82 Å². The van der Waals surface area contributed by atoms with Gasteiger partial charge in [0.1, 0.15) is 5.82 Å². The van der Waals surface area contributed by atoms with Crippen molar-refractivity contribution < 1.29 is 14.6 Å². The lowest BCUT2D eigenvalue weighted by Gasteiger charge is -2.41. The molecule has 0 spiro atoms. The second kappa shape index (κ2) is 9.84. The van der Waals surface area contributed by atoms with Crippen molar-refractivity contribution in [2.24, 2.45) is 0 Å². The van der Waals surface area contributed by atoms with Crippen LogP contribution in [0.3, 0.4) is 0 Å². The molecule has 4 rings (SSSR count). The molecule has 0 bridgehead atoms. The van der Waals surface area contributed by atoms with Gasteiger partial charge in [-0.15, -0.1) is 0 Å². The summed E-state index contributed by atoms with van der Waals surface area (Å²) >= 11 is 0. The van der Waals surface area contributed by atoms with Crippen LogP contribution in [0.25, 0.3) is 0 Å². The minimum absolute atomic E-state index is 0.0330. The number of piperazine rings is 1. The molecule has 3 fully saturated rings. The molecule has 2 aliphatic heterocycles. The summed E-state index contributed by atoms with van der Waals surface area (Å²) in [4.78, 5) is 22.0. The maximum Gasteiger partial charge on any atom is 0.255 e. The Bertz CT molecular complexity index is 674. The first-order chi connectivity index (χ1) is 14.2. The highest BCUT2D eigenvalue weighted by Gasteiger charge is 2.34. The van der Waals surface area contributed by atoms with Gasteiger partial charge in [0.05, 0.1) is 12.2 Å². The molecule has 0 unspecified atom stereocenters. The number of aromatic nitrogens is 1. The van der Waals surface area contributed by atoms with Crippen LogP contribution >= 0.6 is 0 Å². The molecule has 29 heavy (non-hydrogen) atoms. The molecule has 0 radical (unpaired) electrons. The average Bonchev–Trinajstić information content (AvgIpc) is 2.76. The Balaban J connectivity index is 1.34. The third-order valence-electron chi connectivity index (χ3n) is 6.38. The lowest BCUT2D eigenvalue weighted by atomic mass is 9.85. The van der Waals surface area contributed by atoms with Crippen molar-refractivity contribution in [3.8, 4) is 0 Å². The van der Waals surface area contributed by atoms with Crippen LogP contribution in [0.2, 0.25) is 0 Å². The summed E-state index contributed by atoms with van der Waals surface area (Å²) in [6, 6.07) is 4.73. The van der Waals surface area contributed by atoms with Gasteiger partial charge in [-0.3, -0.25) is 9.69 Å². The van der Waals surface area contributed by atoms with Crippen LogP contribution in [0.5, 0.6) is 0 Å². The fraction of sp³-hybridized carbons (Fsp3) is 0.714. The van der Waals surface area contributed by atoms with Crippen LogP contribution in [0.15, 0.2) is 18.3 Å². The molecular formula is C21H33N5O3. The average molecular weight is 404 g/mol. The molecule has 2 atom stereocenters.